The van der Waals surface area contributed by atoms with Gasteiger partial charge in [-0.3, -0.25) is 4.72 Å². The van der Waals surface area contributed by atoms with E-state index in [2.05, 4.69) is 21.9 Å². The van der Waals surface area contributed by atoms with Crippen molar-refractivity contribution >= 4 is 15.7 Å². The lowest BCUT2D eigenvalue weighted by molar-refractivity contribution is 0.305. The van der Waals surface area contributed by atoms with E-state index in [0.29, 0.717) is 18.3 Å². The number of anilines is 1. The van der Waals surface area contributed by atoms with Gasteiger partial charge in [0.05, 0.1) is 16.9 Å². The van der Waals surface area contributed by atoms with E-state index in [-0.39, 0.29) is 4.90 Å². The van der Waals surface area contributed by atoms with Crippen LogP contribution in [0.1, 0.15) is 51.0 Å². The van der Waals surface area contributed by atoms with Crippen LogP contribution in [0, 0.1) is 5.92 Å². The van der Waals surface area contributed by atoms with E-state index >= 15 is 0 Å². The normalized spacial score (nSPS) is 16.0. The van der Waals surface area contributed by atoms with Gasteiger partial charge in [-0.1, -0.05) is 50.3 Å². The first-order valence-electron chi connectivity index (χ1n) is 11.4. The third-order valence-electron chi connectivity index (χ3n) is 6.26. The Morgan fingerprint density at radius 1 is 1.06 bits per heavy atom. The molecule has 0 spiro atoms. The average Bonchev–Trinajstić information content (AvgIpc) is 3.34. The lowest BCUT2D eigenvalue weighted by Crippen LogP contribution is -2.29. The highest BCUT2D eigenvalue weighted by molar-refractivity contribution is 7.92. The van der Waals surface area contributed by atoms with Crippen molar-refractivity contribution in [2.24, 2.45) is 5.92 Å². The van der Waals surface area contributed by atoms with E-state index in [1.54, 1.807) is 36.8 Å². The first kappa shape index (κ1) is 22.6. The molecule has 1 saturated carbocycles. The van der Waals surface area contributed by atoms with Crippen LogP contribution in [0.25, 0.3) is 5.69 Å². The van der Waals surface area contributed by atoms with Crippen molar-refractivity contribution in [2.45, 2.75) is 62.9 Å². The summed E-state index contributed by atoms with van der Waals surface area (Å²) in [6, 6.07) is 14.8. The zero-order chi connectivity index (χ0) is 22.4. The standard InChI is InChI=1S/C25H32N4O2S/c1-20(17-21-7-3-2-4-8-21)27-18-22-9-5-6-10-25(22)28-32(30,31)24-13-11-23(12-14-24)29-16-15-26-19-29/h5-6,9-16,19-21,27-28H,2-4,7-8,17-18H2,1H3/t20-/m0/s1. The monoisotopic (exact) mass is 452 g/mol. The molecule has 1 heterocycles. The molecule has 1 aliphatic carbocycles. The average molecular weight is 453 g/mol. The van der Waals surface area contributed by atoms with Crippen molar-refractivity contribution in [3.63, 3.8) is 0 Å². The van der Waals surface area contributed by atoms with Crippen LogP contribution >= 0.6 is 0 Å². The summed E-state index contributed by atoms with van der Waals surface area (Å²) in [4.78, 5) is 4.26. The van der Waals surface area contributed by atoms with E-state index in [0.717, 1.165) is 17.2 Å². The van der Waals surface area contributed by atoms with E-state index < -0.39 is 10.0 Å². The number of aromatic nitrogens is 2. The van der Waals surface area contributed by atoms with Crippen LogP contribution < -0.4 is 10.0 Å². The predicted octanol–water partition coefficient (Wildman–Crippen LogP) is 5.12. The number of nitrogens with one attached hydrogen (secondary N) is 2. The molecule has 0 amide bonds. The zero-order valence-electron chi connectivity index (χ0n) is 18.6. The van der Waals surface area contributed by atoms with E-state index in [1.807, 2.05) is 35.0 Å². The van der Waals surface area contributed by atoms with Crippen molar-refractivity contribution in [3.05, 3.63) is 72.8 Å². The van der Waals surface area contributed by atoms with Gasteiger partial charge in [0.15, 0.2) is 0 Å². The van der Waals surface area contributed by atoms with Crippen LogP contribution in [-0.2, 0) is 16.6 Å². The fourth-order valence-electron chi connectivity index (χ4n) is 4.48. The summed E-state index contributed by atoms with van der Waals surface area (Å²) in [5.41, 5.74) is 2.42. The van der Waals surface area contributed by atoms with Crippen LogP contribution in [-0.4, -0.2) is 24.0 Å². The molecule has 7 heteroatoms. The summed E-state index contributed by atoms with van der Waals surface area (Å²) in [6.45, 7) is 2.86. The Kier molecular flexibility index (Phi) is 7.27. The van der Waals surface area contributed by atoms with Crippen LogP contribution in [0.5, 0.6) is 0 Å². The summed E-state index contributed by atoms with van der Waals surface area (Å²) in [5.74, 6) is 0.810. The predicted molar refractivity (Wildman–Crippen MR) is 128 cm³/mol. The third kappa shape index (κ3) is 5.78. The molecular formula is C25H32N4O2S. The highest BCUT2D eigenvalue weighted by atomic mass is 32.2. The Morgan fingerprint density at radius 3 is 2.53 bits per heavy atom. The second kappa shape index (κ2) is 10.3. The maximum Gasteiger partial charge on any atom is 0.261 e. The molecule has 2 aromatic carbocycles. The highest BCUT2D eigenvalue weighted by Gasteiger charge is 2.18. The lowest BCUT2D eigenvalue weighted by atomic mass is 9.85. The first-order valence-corrected chi connectivity index (χ1v) is 12.9. The molecule has 0 bridgehead atoms. The Hall–Kier alpha value is -2.64. The van der Waals surface area contributed by atoms with Gasteiger partial charge in [0.1, 0.15) is 0 Å². The maximum absolute atomic E-state index is 13.0. The molecular weight excluding hydrogens is 420 g/mol. The number of nitrogens with zero attached hydrogens (tertiary/aromatic N) is 2. The molecule has 0 radical (unpaired) electrons. The van der Waals surface area contributed by atoms with Gasteiger partial charge in [-0.15, -0.1) is 0 Å². The minimum Gasteiger partial charge on any atom is -0.310 e. The number of hydrogen-bond acceptors (Lipinski definition) is 4. The van der Waals surface area contributed by atoms with Crippen LogP contribution in [0.2, 0.25) is 0 Å². The summed E-state index contributed by atoms with van der Waals surface area (Å²) in [7, 11) is -3.69. The summed E-state index contributed by atoms with van der Waals surface area (Å²) >= 11 is 0. The fourth-order valence-corrected chi connectivity index (χ4v) is 5.58. The molecule has 1 fully saturated rings. The number of para-hydroxylation sites is 1. The zero-order valence-corrected chi connectivity index (χ0v) is 19.4. The van der Waals surface area contributed by atoms with Crippen molar-refractivity contribution in [1.82, 2.24) is 14.9 Å². The SMILES string of the molecule is C[C@@H](CC1CCCCC1)NCc1ccccc1NS(=O)(=O)c1ccc(-n2ccnc2)cc1. The Balaban J connectivity index is 1.40. The fraction of sp³-hybridized carbons (Fsp3) is 0.400. The quantitative estimate of drug-likeness (QED) is 0.472. The molecule has 0 saturated heterocycles. The highest BCUT2D eigenvalue weighted by Crippen LogP contribution is 2.27. The smallest absolute Gasteiger partial charge is 0.261 e. The van der Waals surface area contributed by atoms with Gasteiger partial charge in [-0.05, 0) is 55.2 Å². The number of imidazole rings is 1. The van der Waals surface area contributed by atoms with Gasteiger partial charge >= 0.3 is 0 Å². The molecule has 0 unspecified atom stereocenters. The number of benzene rings is 2. The summed E-state index contributed by atoms with van der Waals surface area (Å²) in [6.07, 6.45) is 13.1. The van der Waals surface area contributed by atoms with Crippen molar-refractivity contribution in [3.8, 4) is 5.69 Å². The lowest BCUT2D eigenvalue weighted by Gasteiger charge is -2.25. The molecule has 1 aliphatic rings. The second-order valence-electron chi connectivity index (χ2n) is 8.75. The van der Waals surface area contributed by atoms with Gasteiger partial charge < -0.3 is 9.88 Å². The Bertz CT molecular complexity index is 1090. The number of sulfonamides is 1. The number of hydrogen-bond donors (Lipinski definition) is 2. The van der Waals surface area contributed by atoms with Gasteiger partial charge in [-0.25, -0.2) is 13.4 Å². The molecule has 1 aromatic heterocycles. The molecule has 6 nitrogen and oxygen atoms in total. The molecule has 3 aromatic rings. The van der Waals surface area contributed by atoms with Crippen LogP contribution in [0.3, 0.4) is 0 Å². The third-order valence-corrected chi connectivity index (χ3v) is 7.65. The van der Waals surface area contributed by atoms with Crippen molar-refractivity contribution < 1.29 is 8.42 Å². The Morgan fingerprint density at radius 2 is 1.81 bits per heavy atom. The van der Waals surface area contributed by atoms with Crippen LogP contribution in [0.15, 0.2) is 72.1 Å². The Labute approximate surface area is 191 Å². The van der Waals surface area contributed by atoms with Gasteiger partial charge in [0.25, 0.3) is 10.0 Å². The first-order chi connectivity index (χ1) is 15.5. The van der Waals surface area contributed by atoms with E-state index in [4.69, 9.17) is 0 Å². The second-order valence-corrected chi connectivity index (χ2v) is 10.4. The van der Waals surface area contributed by atoms with Gasteiger partial charge in [0, 0.05) is 30.7 Å². The minimum absolute atomic E-state index is 0.231. The van der Waals surface area contributed by atoms with Gasteiger partial charge in [0.2, 0.25) is 0 Å². The molecule has 32 heavy (non-hydrogen) atoms. The van der Waals surface area contributed by atoms with E-state index in [9.17, 15) is 8.42 Å². The summed E-state index contributed by atoms with van der Waals surface area (Å²) in [5, 5.41) is 3.59. The molecule has 170 valence electrons. The topological polar surface area (TPSA) is 76.0 Å². The molecule has 4 rings (SSSR count). The van der Waals surface area contributed by atoms with Crippen molar-refractivity contribution in [1.29, 1.82) is 0 Å². The van der Waals surface area contributed by atoms with Gasteiger partial charge in [-0.2, -0.15) is 0 Å². The minimum atomic E-state index is -3.69. The van der Waals surface area contributed by atoms with Crippen LogP contribution in [0.4, 0.5) is 5.69 Å². The molecule has 2 N–H and O–H groups in total. The van der Waals surface area contributed by atoms with Crippen molar-refractivity contribution in [2.75, 3.05) is 4.72 Å². The maximum atomic E-state index is 13.0. The van der Waals surface area contributed by atoms with E-state index in [1.165, 1.54) is 38.5 Å². The molecule has 1 atom stereocenters. The number of rotatable bonds is 9. The summed E-state index contributed by atoms with van der Waals surface area (Å²) < 4.78 is 30.6. The molecule has 0 aliphatic heterocycles. The largest absolute Gasteiger partial charge is 0.310 e.